The zero-order chi connectivity index (χ0) is 9.23. The molecule has 0 aliphatic heterocycles. The van der Waals surface area contributed by atoms with Gasteiger partial charge in [-0.15, -0.1) is 0 Å². The second-order valence-corrected chi connectivity index (χ2v) is 2.10. The summed E-state index contributed by atoms with van der Waals surface area (Å²) < 4.78 is 10.1. The average Bonchev–Trinajstić information content (AvgIpc) is 2.09. The number of aliphatic hydroxyl groups is 1. The fraction of sp³-hybridized carbons (Fsp3) is 0.857. The first-order chi connectivity index (χ1) is 5.81. The first kappa shape index (κ1) is 11.4. The van der Waals surface area contributed by atoms with Crippen molar-refractivity contribution < 1.29 is 19.4 Å². The monoisotopic (exact) mass is 177 g/mol. The number of amides is 1. The predicted molar refractivity (Wildman–Crippen MR) is 42.5 cm³/mol. The molecule has 0 saturated heterocycles. The van der Waals surface area contributed by atoms with Crippen molar-refractivity contribution in [3.05, 3.63) is 0 Å². The predicted octanol–water partition coefficient (Wildman–Crippen LogP) is -0.896. The Morgan fingerprint density at radius 2 is 2.17 bits per heavy atom. The molecule has 0 aromatic carbocycles. The minimum Gasteiger partial charge on any atom is -0.394 e. The fourth-order valence-corrected chi connectivity index (χ4v) is 0.610. The van der Waals surface area contributed by atoms with Gasteiger partial charge >= 0.3 is 0 Å². The van der Waals surface area contributed by atoms with Crippen molar-refractivity contribution in [1.29, 1.82) is 0 Å². The molecule has 0 saturated carbocycles. The molecule has 0 spiro atoms. The Bertz CT molecular complexity index is 110. The van der Waals surface area contributed by atoms with Gasteiger partial charge in [0.15, 0.2) is 6.29 Å². The third-order valence-corrected chi connectivity index (χ3v) is 1.13. The Kier molecular flexibility index (Phi) is 7.99. The maximum atomic E-state index is 9.79. The summed E-state index contributed by atoms with van der Waals surface area (Å²) in [6.45, 7) is 2.86. The highest BCUT2D eigenvalue weighted by molar-refractivity contribution is 5.45. The van der Waals surface area contributed by atoms with Crippen LogP contribution in [0.15, 0.2) is 0 Å². The van der Waals surface area contributed by atoms with Crippen LogP contribution in [0.3, 0.4) is 0 Å². The van der Waals surface area contributed by atoms with Crippen LogP contribution in [-0.4, -0.2) is 44.2 Å². The molecule has 0 radical (unpaired) electrons. The third kappa shape index (κ3) is 7.46. The van der Waals surface area contributed by atoms with Gasteiger partial charge in [0, 0.05) is 6.54 Å². The van der Waals surface area contributed by atoms with Crippen LogP contribution in [-0.2, 0) is 14.3 Å². The van der Waals surface area contributed by atoms with Crippen LogP contribution in [0.1, 0.15) is 6.92 Å². The third-order valence-electron chi connectivity index (χ3n) is 1.13. The standard InChI is InChI=1S/C7H15NO4/c1-7(12-5-3-9)11-4-2-8-6-10/h6-7,9H,2-5H2,1H3,(H,8,10). The van der Waals surface area contributed by atoms with Crippen LogP contribution in [0.2, 0.25) is 0 Å². The van der Waals surface area contributed by atoms with Gasteiger partial charge in [-0.25, -0.2) is 0 Å². The second kappa shape index (κ2) is 8.45. The van der Waals surface area contributed by atoms with Gasteiger partial charge in [0.1, 0.15) is 0 Å². The molecule has 2 N–H and O–H groups in total. The summed E-state index contributed by atoms with van der Waals surface area (Å²) in [6, 6.07) is 0. The second-order valence-electron chi connectivity index (χ2n) is 2.10. The molecule has 0 aliphatic rings. The number of hydrogen-bond donors (Lipinski definition) is 2. The van der Waals surface area contributed by atoms with Crippen LogP contribution < -0.4 is 5.32 Å². The molecule has 1 atom stereocenters. The van der Waals surface area contributed by atoms with Crippen molar-refractivity contribution in [2.24, 2.45) is 0 Å². The molecule has 0 aromatic heterocycles. The molecule has 1 amide bonds. The van der Waals surface area contributed by atoms with Crippen molar-refractivity contribution in [1.82, 2.24) is 5.32 Å². The lowest BCUT2D eigenvalue weighted by Gasteiger charge is -2.12. The van der Waals surface area contributed by atoms with Crippen LogP contribution >= 0.6 is 0 Å². The molecule has 0 heterocycles. The fourth-order valence-electron chi connectivity index (χ4n) is 0.610. The molecule has 0 rings (SSSR count). The van der Waals surface area contributed by atoms with Crippen LogP contribution in [0, 0.1) is 0 Å². The Labute approximate surface area is 71.7 Å². The lowest BCUT2D eigenvalue weighted by Crippen LogP contribution is -2.22. The van der Waals surface area contributed by atoms with E-state index in [1.807, 2.05) is 0 Å². The molecular formula is C7H15NO4. The van der Waals surface area contributed by atoms with E-state index in [1.165, 1.54) is 0 Å². The van der Waals surface area contributed by atoms with E-state index in [9.17, 15) is 4.79 Å². The smallest absolute Gasteiger partial charge is 0.207 e. The summed E-state index contributed by atoms with van der Waals surface area (Å²) in [6.07, 6.45) is 0.272. The number of hydrogen-bond acceptors (Lipinski definition) is 4. The van der Waals surface area contributed by atoms with Crippen molar-refractivity contribution in [2.75, 3.05) is 26.4 Å². The minimum atomic E-state index is -0.342. The van der Waals surface area contributed by atoms with Gasteiger partial charge in [0.05, 0.1) is 19.8 Å². The highest BCUT2D eigenvalue weighted by atomic mass is 16.7. The number of aliphatic hydroxyl groups excluding tert-OH is 1. The normalized spacial score (nSPS) is 12.5. The van der Waals surface area contributed by atoms with E-state index in [-0.39, 0.29) is 19.5 Å². The maximum absolute atomic E-state index is 9.79. The molecule has 1 unspecified atom stereocenters. The molecule has 0 fully saturated rings. The average molecular weight is 177 g/mol. The lowest BCUT2D eigenvalue weighted by atomic mass is 10.6. The molecule has 5 heteroatoms. The minimum absolute atomic E-state index is 0.0136. The Morgan fingerprint density at radius 1 is 1.50 bits per heavy atom. The molecular weight excluding hydrogens is 162 g/mol. The number of ether oxygens (including phenoxy) is 2. The van der Waals surface area contributed by atoms with Gasteiger partial charge in [-0.05, 0) is 6.92 Å². The maximum Gasteiger partial charge on any atom is 0.207 e. The van der Waals surface area contributed by atoms with Crippen LogP contribution in [0.25, 0.3) is 0 Å². The van der Waals surface area contributed by atoms with Gasteiger partial charge in [-0.1, -0.05) is 0 Å². The van der Waals surface area contributed by atoms with E-state index < -0.39 is 0 Å². The number of carbonyl (C=O) groups excluding carboxylic acids is 1. The topological polar surface area (TPSA) is 67.8 Å². The summed E-state index contributed by atoms with van der Waals surface area (Å²) >= 11 is 0. The van der Waals surface area contributed by atoms with E-state index >= 15 is 0 Å². The Balaban J connectivity index is 3.07. The summed E-state index contributed by atoms with van der Waals surface area (Å²) in [5.41, 5.74) is 0. The number of nitrogens with one attached hydrogen (secondary N) is 1. The first-order valence-electron chi connectivity index (χ1n) is 3.82. The highest BCUT2D eigenvalue weighted by Gasteiger charge is 1.99. The van der Waals surface area contributed by atoms with Gasteiger partial charge in [0.2, 0.25) is 6.41 Å². The van der Waals surface area contributed by atoms with Gasteiger partial charge in [-0.2, -0.15) is 0 Å². The molecule has 12 heavy (non-hydrogen) atoms. The van der Waals surface area contributed by atoms with Crippen molar-refractivity contribution >= 4 is 6.41 Å². The Morgan fingerprint density at radius 3 is 2.75 bits per heavy atom. The summed E-state index contributed by atoms with van der Waals surface area (Å²) in [7, 11) is 0. The molecule has 5 nitrogen and oxygen atoms in total. The molecule has 0 bridgehead atoms. The highest BCUT2D eigenvalue weighted by Crippen LogP contribution is 1.91. The van der Waals surface area contributed by atoms with Crippen LogP contribution in [0.5, 0.6) is 0 Å². The molecule has 0 aromatic rings. The zero-order valence-corrected chi connectivity index (χ0v) is 7.16. The van der Waals surface area contributed by atoms with Gasteiger partial charge in [0.25, 0.3) is 0 Å². The van der Waals surface area contributed by atoms with Crippen molar-refractivity contribution in [2.45, 2.75) is 13.2 Å². The summed E-state index contributed by atoms with van der Waals surface area (Å²) in [5, 5.41) is 10.8. The summed E-state index contributed by atoms with van der Waals surface area (Å²) in [5.74, 6) is 0. The molecule has 72 valence electrons. The SMILES string of the molecule is CC(OCCO)OCCNC=O. The van der Waals surface area contributed by atoms with E-state index in [4.69, 9.17) is 14.6 Å². The Hall–Kier alpha value is -0.650. The summed E-state index contributed by atoms with van der Waals surface area (Å²) in [4.78, 5) is 9.79. The van der Waals surface area contributed by atoms with Crippen LogP contribution in [0.4, 0.5) is 0 Å². The van der Waals surface area contributed by atoms with Gasteiger partial charge < -0.3 is 19.9 Å². The lowest BCUT2D eigenvalue weighted by molar-refractivity contribution is -0.135. The number of rotatable bonds is 8. The van der Waals surface area contributed by atoms with E-state index in [2.05, 4.69) is 5.32 Å². The quantitative estimate of drug-likeness (QED) is 0.286. The largest absolute Gasteiger partial charge is 0.394 e. The van der Waals surface area contributed by atoms with Crippen molar-refractivity contribution in [3.63, 3.8) is 0 Å². The van der Waals surface area contributed by atoms with E-state index in [0.717, 1.165) is 0 Å². The van der Waals surface area contributed by atoms with E-state index in [0.29, 0.717) is 19.6 Å². The first-order valence-corrected chi connectivity index (χ1v) is 3.82. The van der Waals surface area contributed by atoms with E-state index in [1.54, 1.807) is 6.92 Å². The molecule has 0 aliphatic carbocycles. The van der Waals surface area contributed by atoms with Gasteiger partial charge in [-0.3, -0.25) is 4.79 Å². The number of carbonyl (C=O) groups is 1. The zero-order valence-electron chi connectivity index (χ0n) is 7.16. The van der Waals surface area contributed by atoms with Crippen molar-refractivity contribution in [3.8, 4) is 0 Å².